The molecule has 2 atom stereocenters. The van der Waals surface area contributed by atoms with Gasteiger partial charge >= 0.3 is 0 Å². The Kier molecular flexibility index (Phi) is 2.54. The summed E-state index contributed by atoms with van der Waals surface area (Å²) in [4.78, 5) is 0. The molecule has 0 saturated carbocycles. The van der Waals surface area contributed by atoms with Crippen LogP contribution in [0.1, 0.15) is 18.9 Å². The van der Waals surface area contributed by atoms with Gasteiger partial charge in [-0.05, 0) is 18.9 Å². The molecule has 0 aromatic heterocycles. The van der Waals surface area contributed by atoms with Crippen molar-refractivity contribution in [3.63, 3.8) is 0 Å². The van der Waals surface area contributed by atoms with Crippen molar-refractivity contribution in [3.05, 3.63) is 35.9 Å². The Balaban J connectivity index is 2.23. The van der Waals surface area contributed by atoms with Crippen LogP contribution in [0.4, 0.5) is 0 Å². The molecule has 0 spiro atoms. The summed E-state index contributed by atoms with van der Waals surface area (Å²) in [5, 5.41) is 3.06. The predicted molar refractivity (Wildman–Crippen MR) is 55.5 cm³/mol. The molecule has 76 valence electrons. The Morgan fingerprint density at radius 3 is 2.79 bits per heavy atom. The first-order chi connectivity index (χ1) is 6.71. The molecule has 0 aliphatic carbocycles. The van der Waals surface area contributed by atoms with Crippen LogP contribution in [0.2, 0.25) is 0 Å². The van der Waals surface area contributed by atoms with E-state index < -0.39 is 0 Å². The third kappa shape index (κ3) is 1.80. The smallest absolute Gasteiger partial charge is 0.162 e. The molecule has 1 aliphatic rings. The number of hydrogen-bond acceptors (Lipinski definition) is 3. The first kappa shape index (κ1) is 9.65. The third-order valence-electron chi connectivity index (χ3n) is 2.72. The highest BCUT2D eigenvalue weighted by molar-refractivity contribution is 5.22. The van der Waals surface area contributed by atoms with E-state index in [1.807, 2.05) is 18.2 Å². The minimum Gasteiger partial charge on any atom is -0.339 e. The lowest BCUT2D eigenvalue weighted by Crippen LogP contribution is -2.51. The van der Waals surface area contributed by atoms with Gasteiger partial charge in [0.2, 0.25) is 0 Å². The Bertz CT molecular complexity index is 301. The fraction of sp³-hybridized carbons (Fsp3) is 0.455. The highest BCUT2D eigenvalue weighted by Crippen LogP contribution is 2.30. The van der Waals surface area contributed by atoms with Crippen molar-refractivity contribution in [3.8, 4) is 0 Å². The summed E-state index contributed by atoms with van der Waals surface area (Å²) in [6, 6.07) is 10.2. The molecule has 0 radical (unpaired) electrons. The first-order valence-electron chi connectivity index (χ1n) is 4.93. The fourth-order valence-electron chi connectivity index (χ4n) is 1.84. The lowest BCUT2D eigenvalue weighted by Gasteiger charge is -2.38. The SMILES string of the molecule is CC1(c2ccccc2)CCNC(N)O1. The molecule has 1 fully saturated rings. The normalized spacial score (nSPS) is 32.9. The van der Waals surface area contributed by atoms with E-state index in [0.717, 1.165) is 13.0 Å². The van der Waals surface area contributed by atoms with E-state index in [9.17, 15) is 0 Å². The van der Waals surface area contributed by atoms with Crippen LogP contribution in [0.15, 0.2) is 30.3 Å². The molecule has 3 heteroatoms. The number of nitrogens with one attached hydrogen (secondary N) is 1. The van der Waals surface area contributed by atoms with Crippen molar-refractivity contribution >= 4 is 0 Å². The lowest BCUT2D eigenvalue weighted by atomic mass is 9.91. The molecule has 3 nitrogen and oxygen atoms in total. The summed E-state index contributed by atoms with van der Waals surface area (Å²) in [5.41, 5.74) is 6.66. The van der Waals surface area contributed by atoms with Crippen LogP contribution in [-0.4, -0.2) is 12.9 Å². The maximum absolute atomic E-state index is 5.73. The van der Waals surface area contributed by atoms with Gasteiger partial charge in [-0.25, -0.2) is 0 Å². The van der Waals surface area contributed by atoms with Crippen molar-refractivity contribution in [2.45, 2.75) is 25.3 Å². The van der Waals surface area contributed by atoms with Crippen LogP contribution >= 0.6 is 0 Å². The third-order valence-corrected chi connectivity index (χ3v) is 2.72. The van der Waals surface area contributed by atoms with Crippen molar-refractivity contribution in [1.82, 2.24) is 5.32 Å². The summed E-state index contributed by atoms with van der Waals surface area (Å²) in [5.74, 6) is 0. The molecule has 0 bridgehead atoms. The van der Waals surface area contributed by atoms with Gasteiger partial charge in [0.25, 0.3) is 0 Å². The largest absolute Gasteiger partial charge is 0.339 e. The zero-order valence-corrected chi connectivity index (χ0v) is 8.36. The quantitative estimate of drug-likeness (QED) is 0.701. The highest BCUT2D eigenvalue weighted by atomic mass is 16.5. The van der Waals surface area contributed by atoms with Crippen LogP contribution < -0.4 is 11.1 Å². The minimum atomic E-state index is -0.353. The second-order valence-electron chi connectivity index (χ2n) is 3.84. The second kappa shape index (κ2) is 3.69. The summed E-state index contributed by atoms with van der Waals surface area (Å²) in [6.45, 7) is 2.98. The zero-order valence-electron chi connectivity index (χ0n) is 8.36. The molecular formula is C11H16N2O. The number of benzene rings is 1. The van der Waals surface area contributed by atoms with Gasteiger partial charge in [0.1, 0.15) is 0 Å². The van der Waals surface area contributed by atoms with Crippen molar-refractivity contribution in [2.75, 3.05) is 6.54 Å². The van der Waals surface area contributed by atoms with Crippen molar-refractivity contribution < 1.29 is 4.74 Å². The zero-order chi connectivity index (χ0) is 10.0. The Hall–Kier alpha value is -0.900. The maximum atomic E-state index is 5.73. The molecular weight excluding hydrogens is 176 g/mol. The molecule has 1 aliphatic heterocycles. The van der Waals surface area contributed by atoms with Crippen LogP contribution in [0, 0.1) is 0 Å². The van der Waals surface area contributed by atoms with Gasteiger partial charge in [-0.3, -0.25) is 11.1 Å². The van der Waals surface area contributed by atoms with Gasteiger partial charge in [-0.15, -0.1) is 0 Å². The van der Waals surface area contributed by atoms with Gasteiger partial charge in [0.15, 0.2) is 6.35 Å². The monoisotopic (exact) mass is 192 g/mol. The summed E-state index contributed by atoms with van der Waals surface area (Å²) in [7, 11) is 0. The molecule has 0 amide bonds. The van der Waals surface area contributed by atoms with Gasteiger partial charge in [-0.2, -0.15) is 0 Å². The summed E-state index contributed by atoms with van der Waals surface area (Å²) in [6.07, 6.45) is 0.596. The van der Waals surface area contributed by atoms with E-state index in [1.165, 1.54) is 5.56 Å². The van der Waals surface area contributed by atoms with Gasteiger partial charge in [-0.1, -0.05) is 30.3 Å². The average molecular weight is 192 g/mol. The molecule has 1 heterocycles. The minimum absolute atomic E-state index is 0.244. The van der Waals surface area contributed by atoms with Crippen LogP contribution in [0.3, 0.4) is 0 Å². The molecule has 1 aromatic rings. The maximum Gasteiger partial charge on any atom is 0.162 e. The highest BCUT2D eigenvalue weighted by Gasteiger charge is 2.32. The molecule has 2 unspecified atom stereocenters. The van der Waals surface area contributed by atoms with E-state index in [2.05, 4.69) is 24.4 Å². The van der Waals surface area contributed by atoms with Gasteiger partial charge < -0.3 is 4.74 Å². The van der Waals surface area contributed by atoms with E-state index in [0.29, 0.717) is 0 Å². The number of nitrogens with two attached hydrogens (primary N) is 1. The summed E-state index contributed by atoms with van der Waals surface area (Å²) >= 11 is 0. The number of hydrogen-bond donors (Lipinski definition) is 2. The van der Waals surface area contributed by atoms with Crippen LogP contribution in [0.25, 0.3) is 0 Å². The number of ether oxygens (including phenoxy) is 1. The molecule has 3 N–H and O–H groups in total. The fourth-order valence-corrected chi connectivity index (χ4v) is 1.84. The standard InChI is InChI=1S/C11H16N2O/c1-11(7-8-13-10(12)14-11)9-5-3-2-4-6-9/h2-6,10,13H,7-8,12H2,1H3. The van der Waals surface area contributed by atoms with Gasteiger partial charge in [0.05, 0.1) is 5.60 Å². The van der Waals surface area contributed by atoms with Crippen molar-refractivity contribution in [2.24, 2.45) is 5.73 Å². The topological polar surface area (TPSA) is 47.3 Å². The van der Waals surface area contributed by atoms with Gasteiger partial charge in [0, 0.05) is 6.54 Å². The average Bonchev–Trinajstić information content (AvgIpc) is 2.19. The molecule has 1 saturated heterocycles. The molecule has 1 aromatic carbocycles. The van der Waals surface area contributed by atoms with Crippen LogP contribution in [0.5, 0.6) is 0 Å². The lowest BCUT2D eigenvalue weighted by molar-refractivity contribution is -0.129. The summed E-state index contributed by atoms with van der Waals surface area (Å²) < 4.78 is 5.73. The van der Waals surface area contributed by atoms with E-state index in [1.54, 1.807) is 0 Å². The second-order valence-corrected chi connectivity index (χ2v) is 3.84. The predicted octanol–water partition coefficient (Wildman–Crippen LogP) is 1.15. The Morgan fingerprint density at radius 2 is 2.14 bits per heavy atom. The van der Waals surface area contributed by atoms with E-state index >= 15 is 0 Å². The van der Waals surface area contributed by atoms with E-state index in [-0.39, 0.29) is 12.0 Å². The first-order valence-corrected chi connectivity index (χ1v) is 4.93. The molecule has 2 rings (SSSR count). The van der Waals surface area contributed by atoms with Crippen LogP contribution in [-0.2, 0) is 10.3 Å². The van der Waals surface area contributed by atoms with Crippen molar-refractivity contribution in [1.29, 1.82) is 0 Å². The number of rotatable bonds is 1. The molecule has 14 heavy (non-hydrogen) atoms. The van der Waals surface area contributed by atoms with E-state index in [4.69, 9.17) is 10.5 Å². The Labute approximate surface area is 84.3 Å². The Morgan fingerprint density at radius 1 is 1.43 bits per heavy atom.